The van der Waals surface area contributed by atoms with Crippen molar-refractivity contribution in [2.24, 2.45) is 0 Å². The van der Waals surface area contributed by atoms with Gasteiger partial charge in [-0.15, -0.1) is 0 Å². The molecular formula is C28H28N4O3. The molecule has 178 valence electrons. The van der Waals surface area contributed by atoms with Crippen LogP contribution < -0.4 is 20.9 Å². The average molecular weight is 469 g/mol. The normalized spacial score (nSPS) is 16.1. The van der Waals surface area contributed by atoms with Gasteiger partial charge >= 0.3 is 0 Å². The van der Waals surface area contributed by atoms with Crippen molar-refractivity contribution in [3.05, 3.63) is 89.6 Å². The molecule has 3 aromatic rings. The third kappa shape index (κ3) is 5.36. The van der Waals surface area contributed by atoms with E-state index in [1.807, 2.05) is 48.5 Å². The van der Waals surface area contributed by atoms with E-state index in [0.29, 0.717) is 5.57 Å². The van der Waals surface area contributed by atoms with E-state index in [4.69, 9.17) is 4.74 Å². The summed E-state index contributed by atoms with van der Waals surface area (Å²) in [5, 5.41) is 9.01. The summed E-state index contributed by atoms with van der Waals surface area (Å²) >= 11 is 0. The Morgan fingerprint density at radius 1 is 0.971 bits per heavy atom. The molecule has 0 bridgehead atoms. The molecule has 2 aliphatic rings. The second kappa shape index (κ2) is 10.0. The lowest BCUT2D eigenvalue weighted by molar-refractivity contribution is -0.114. The highest BCUT2D eigenvalue weighted by atomic mass is 16.5. The summed E-state index contributed by atoms with van der Waals surface area (Å²) in [5.74, 6) is -0.205. The lowest BCUT2D eigenvalue weighted by Gasteiger charge is -2.28. The molecule has 2 amide bonds. The minimum Gasteiger partial charge on any atom is -0.378 e. The zero-order valence-electron chi connectivity index (χ0n) is 19.6. The van der Waals surface area contributed by atoms with Crippen LogP contribution in [-0.2, 0) is 20.7 Å². The van der Waals surface area contributed by atoms with Crippen LogP contribution in [0, 0.1) is 0 Å². The van der Waals surface area contributed by atoms with Crippen LogP contribution in [0.15, 0.2) is 72.9 Å². The van der Waals surface area contributed by atoms with Crippen molar-refractivity contribution >= 4 is 40.1 Å². The molecule has 1 fully saturated rings. The second-order valence-electron chi connectivity index (χ2n) is 8.74. The summed E-state index contributed by atoms with van der Waals surface area (Å²) in [6.45, 7) is 4.80. The van der Waals surface area contributed by atoms with E-state index in [1.54, 1.807) is 6.20 Å². The molecule has 0 aliphatic carbocycles. The number of nitrogens with zero attached hydrogens (tertiary/aromatic N) is 1. The summed E-state index contributed by atoms with van der Waals surface area (Å²) < 4.78 is 5.42. The lowest BCUT2D eigenvalue weighted by Crippen LogP contribution is -2.36. The van der Waals surface area contributed by atoms with Gasteiger partial charge in [0.1, 0.15) is 0 Å². The fourth-order valence-corrected chi connectivity index (χ4v) is 4.38. The number of benzene rings is 3. The minimum absolute atomic E-state index is 0.0884. The predicted octanol–water partition coefficient (Wildman–Crippen LogP) is 4.48. The fraction of sp³-hybridized carbons (Fsp3) is 0.214. The molecule has 1 saturated heterocycles. The number of hydrogen-bond acceptors (Lipinski definition) is 5. The predicted molar refractivity (Wildman–Crippen MR) is 140 cm³/mol. The Balaban J connectivity index is 1.29. The van der Waals surface area contributed by atoms with Gasteiger partial charge in [0, 0.05) is 54.5 Å². The molecule has 7 nitrogen and oxygen atoms in total. The summed E-state index contributed by atoms with van der Waals surface area (Å²) in [6.07, 6.45) is 2.50. The zero-order chi connectivity index (χ0) is 24.2. The summed E-state index contributed by atoms with van der Waals surface area (Å²) in [6, 6.07) is 22.1. The smallest absolute Gasteiger partial charge is 0.257 e. The molecule has 2 aliphatic heterocycles. The first-order chi connectivity index (χ1) is 17.0. The molecular weight excluding hydrogens is 440 g/mol. The van der Waals surface area contributed by atoms with Crippen LogP contribution in [0.3, 0.4) is 0 Å². The minimum atomic E-state index is -0.116. The molecule has 0 spiro atoms. The molecule has 0 atom stereocenters. The van der Waals surface area contributed by atoms with E-state index in [1.165, 1.54) is 12.6 Å². The van der Waals surface area contributed by atoms with Crippen molar-refractivity contribution in [2.45, 2.75) is 13.3 Å². The van der Waals surface area contributed by atoms with Gasteiger partial charge in [-0.1, -0.05) is 18.2 Å². The van der Waals surface area contributed by atoms with Crippen molar-refractivity contribution in [1.82, 2.24) is 0 Å². The van der Waals surface area contributed by atoms with Crippen LogP contribution in [0.2, 0.25) is 0 Å². The Hall–Kier alpha value is -4.10. The molecule has 0 radical (unpaired) electrons. The Bertz CT molecular complexity index is 1260. The highest BCUT2D eigenvalue weighted by Gasteiger charge is 2.24. The zero-order valence-corrected chi connectivity index (χ0v) is 19.6. The number of carbonyl (C=O) groups is 2. The van der Waals surface area contributed by atoms with E-state index in [0.717, 1.165) is 66.5 Å². The quantitative estimate of drug-likeness (QED) is 0.465. The number of carbonyl (C=O) groups excluding carboxylic acids is 2. The van der Waals surface area contributed by atoms with E-state index >= 15 is 0 Å². The van der Waals surface area contributed by atoms with Gasteiger partial charge in [-0.05, 0) is 66.1 Å². The third-order valence-electron chi connectivity index (χ3n) is 6.18. The number of nitrogens with one attached hydrogen (secondary N) is 3. The molecule has 7 heteroatoms. The summed E-state index contributed by atoms with van der Waals surface area (Å²) in [4.78, 5) is 26.2. The van der Waals surface area contributed by atoms with Crippen molar-refractivity contribution in [3.8, 4) is 0 Å². The summed E-state index contributed by atoms with van der Waals surface area (Å²) in [5.41, 5.74) is 7.42. The van der Waals surface area contributed by atoms with E-state index < -0.39 is 0 Å². The summed E-state index contributed by atoms with van der Waals surface area (Å²) in [7, 11) is 0. The first-order valence-electron chi connectivity index (χ1n) is 11.8. The van der Waals surface area contributed by atoms with Crippen LogP contribution in [0.4, 0.5) is 22.7 Å². The number of morpholine rings is 1. The van der Waals surface area contributed by atoms with Crippen LogP contribution in [0.1, 0.15) is 23.6 Å². The highest BCUT2D eigenvalue weighted by Crippen LogP contribution is 2.33. The Kier molecular flexibility index (Phi) is 6.50. The molecule has 3 N–H and O–H groups in total. The SMILES string of the molecule is CC(=O)Nc1ccc(Cc2ccc3c(c2)C(=CNc2ccc(N4CCOCC4)cc2)C(=O)N3)cc1. The van der Waals surface area contributed by atoms with Gasteiger partial charge in [-0.3, -0.25) is 9.59 Å². The van der Waals surface area contributed by atoms with Crippen LogP contribution in [-0.4, -0.2) is 38.1 Å². The molecule has 0 unspecified atom stereocenters. The third-order valence-corrected chi connectivity index (χ3v) is 6.18. The van der Waals surface area contributed by atoms with Crippen LogP contribution >= 0.6 is 0 Å². The maximum absolute atomic E-state index is 12.6. The second-order valence-corrected chi connectivity index (χ2v) is 8.74. The topological polar surface area (TPSA) is 82.7 Å². The molecule has 2 heterocycles. The van der Waals surface area contributed by atoms with E-state index in [2.05, 4.69) is 39.0 Å². The standard InChI is InChI=1S/C28H28N4O3/c1-19(33)30-23-5-2-20(3-6-23)16-21-4-11-27-25(17-21)26(28(34)31-27)18-29-22-7-9-24(10-8-22)32-12-14-35-15-13-32/h2-11,17-18,29H,12-16H2,1H3,(H,30,33)(H,31,34). The van der Waals surface area contributed by atoms with Crippen LogP contribution in [0.5, 0.6) is 0 Å². The largest absolute Gasteiger partial charge is 0.378 e. The highest BCUT2D eigenvalue weighted by molar-refractivity contribution is 6.31. The number of ether oxygens (including phenoxy) is 1. The van der Waals surface area contributed by atoms with E-state index in [9.17, 15) is 9.59 Å². The average Bonchev–Trinajstić information content (AvgIpc) is 3.18. The van der Waals surface area contributed by atoms with Crippen molar-refractivity contribution in [1.29, 1.82) is 0 Å². The first kappa shape index (κ1) is 22.7. The maximum atomic E-state index is 12.6. The first-order valence-corrected chi connectivity index (χ1v) is 11.8. The van der Waals surface area contributed by atoms with E-state index in [-0.39, 0.29) is 11.8 Å². The fourth-order valence-electron chi connectivity index (χ4n) is 4.38. The Labute approximate surface area is 204 Å². The molecule has 0 saturated carbocycles. The van der Waals surface area contributed by atoms with Crippen molar-refractivity contribution < 1.29 is 14.3 Å². The van der Waals surface area contributed by atoms with Gasteiger partial charge in [0.05, 0.1) is 18.8 Å². The molecule has 3 aromatic carbocycles. The van der Waals surface area contributed by atoms with Crippen LogP contribution in [0.25, 0.3) is 5.57 Å². The molecule has 35 heavy (non-hydrogen) atoms. The van der Waals surface area contributed by atoms with Crippen molar-refractivity contribution in [3.63, 3.8) is 0 Å². The monoisotopic (exact) mass is 468 g/mol. The number of fused-ring (bicyclic) bond motifs is 1. The number of anilines is 4. The van der Waals surface area contributed by atoms with Gasteiger partial charge in [0.15, 0.2) is 0 Å². The van der Waals surface area contributed by atoms with Gasteiger partial charge in [-0.2, -0.15) is 0 Å². The number of rotatable bonds is 6. The molecule has 0 aromatic heterocycles. The Morgan fingerprint density at radius 2 is 1.66 bits per heavy atom. The Morgan fingerprint density at radius 3 is 2.37 bits per heavy atom. The number of amides is 2. The maximum Gasteiger partial charge on any atom is 0.257 e. The van der Waals surface area contributed by atoms with Gasteiger partial charge in [0.25, 0.3) is 5.91 Å². The number of hydrogen-bond donors (Lipinski definition) is 3. The van der Waals surface area contributed by atoms with Gasteiger partial charge in [-0.25, -0.2) is 0 Å². The van der Waals surface area contributed by atoms with Gasteiger partial charge in [0.2, 0.25) is 5.91 Å². The van der Waals surface area contributed by atoms with Gasteiger partial charge < -0.3 is 25.6 Å². The lowest BCUT2D eigenvalue weighted by atomic mass is 9.99. The van der Waals surface area contributed by atoms with Crippen molar-refractivity contribution in [2.75, 3.05) is 47.2 Å². The molecule has 5 rings (SSSR count).